The van der Waals surface area contributed by atoms with E-state index >= 15 is 0 Å². The van der Waals surface area contributed by atoms with Crippen molar-refractivity contribution in [3.05, 3.63) is 10.1 Å². The average molecular weight is 144 g/mol. The second-order valence-electron chi connectivity index (χ2n) is 0.672. The number of rotatable bonds is 1. The summed E-state index contributed by atoms with van der Waals surface area (Å²) in [5, 5.41) is 16.6. The van der Waals surface area contributed by atoms with E-state index in [1.807, 2.05) is 0 Å². The summed E-state index contributed by atoms with van der Waals surface area (Å²) in [6, 6.07) is 0. The van der Waals surface area contributed by atoms with Crippen molar-refractivity contribution in [3.63, 3.8) is 0 Å². The van der Waals surface area contributed by atoms with E-state index in [4.69, 9.17) is 15.2 Å². The molecule has 0 rings (SSSR count). The van der Waals surface area contributed by atoms with Crippen LogP contribution in [0.2, 0.25) is 0 Å². The van der Waals surface area contributed by atoms with E-state index in [2.05, 4.69) is 5.73 Å². The van der Waals surface area contributed by atoms with Gasteiger partial charge in [-0.15, -0.1) is 5.34 Å². The molecule has 0 aromatic carbocycles. The van der Waals surface area contributed by atoms with E-state index in [1.54, 1.807) is 0 Å². The normalized spacial score (nSPS) is 5.44. The molecule has 0 aromatic heterocycles. The molecule has 6 nitrogen and oxygen atoms in total. The van der Waals surface area contributed by atoms with Gasteiger partial charge in [-0.05, 0) is 0 Å². The first-order chi connectivity index (χ1) is 3.68. The monoisotopic (exact) mass is 144 g/mol. The van der Waals surface area contributed by atoms with Crippen LogP contribution in [0.4, 0.5) is 0 Å². The largest absolute Gasteiger partial charge is 1.00 e. The first-order valence-electron chi connectivity index (χ1n) is 1.55. The molecule has 3 N–H and O–H groups in total. The Balaban J connectivity index is -0.0000000800. The summed E-state index contributed by atoms with van der Waals surface area (Å²) in [6.07, 6.45) is 0. The Hall–Kier alpha value is -0.170. The number of aliphatic carboxylic acids is 1. The van der Waals surface area contributed by atoms with Crippen molar-refractivity contribution in [1.82, 2.24) is 0 Å². The maximum absolute atomic E-state index is 9.24. The molecule has 0 saturated heterocycles. The fraction of sp³-hybridized carbons (Fsp3) is 0.500. The van der Waals surface area contributed by atoms with Gasteiger partial charge < -0.3 is 21.0 Å². The van der Waals surface area contributed by atoms with Gasteiger partial charge in [-0.3, -0.25) is 4.79 Å². The molecule has 0 fully saturated rings. The van der Waals surface area contributed by atoms with Crippen molar-refractivity contribution in [2.75, 3.05) is 6.54 Å². The summed E-state index contributed by atoms with van der Waals surface area (Å²) in [4.78, 5) is 17.2. The van der Waals surface area contributed by atoms with Crippen molar-refractivity contribution in [3.8, 4) is 0 Å². The first-order valence-corrected chi connectivity index (χ1v) is 1.55. The van der Waals surface area contributed by atoms with Crippen LogP contribution < -0.4 is 35.3 Å². The average Bonchev–Trinajstić information content (AvgIpc) is 1.69. The van der Waals surface area contributed by atoms with E-state index in [0.717, 1.165) is 5.34 Å². The van der Waals surface area contributed by atoms with Crippen LogP contribution in [0.1, 0.15) is 0 Å². The molecule has 0 atom stereocenters. The zero-order chi connectivity index (χ0) is 6.99. The zero-order valence-corrected chi connectivity index (χ0v) is 6.90. The van der Waals surface area contributed by atoms with Gasteiger partial charge in [0.25, 0.3) is 0 Å². The molecule has 0 aliphatic carbocycles. The van der Waals surface area contributed by atoms with Gasteiger partial charge in [0.05, 0.1) is 6.54 Å². The molecule has 0 saturated carbocycles. The Bertz CT molecular complexity index is 77.0. The van der Waals surface area contributed by atoms with E-state index in [0.29, 0.717) is 0 Å². The standard InChI is InChI=1S/C2H5NO2.HNO2.Na/c3-1-2(4)5;2-1-3;/h1,3H2,(H,4,5);(H,2,3);/q;;+1/p-1. The predicted octanol–water partition coefficient (Wildman–Crippen LogP) is -3.72. The maximum atomic E-state index is 9.24. The summed E-state index contributed by atoms with van der Waals surface area (Å²) in [5.74, 6) is -0.968. The SMILES string of the molecule is NCC(=O)O.O=N[O-].[Na+]. The smallest absolute Gasteiger partial charge is 0.480 e. The number of carbonyl (C=O) groups is 1. The van der Waals surface area contributed by atoms with Crippen LogP contribution in [0.5, 0.6) is 0 Å². The minimum Gasteiger partial charge on any atom is -0.480 e. The number of nitrogens with zero attached hydrogens (tertiary/aromatic N) is 1. The Morgan fingerprint density at radius 2 is 1.89 bits per heavy atom. The topological polar surface area (TPSA) is 116 Å². The molecular weight excluding hydrogens is 139 g/mol. The number of carboxylic acids is 1. The van der Waals surface area contributed by atoms with Gasteiger partial charge in [0.2, 0.25) is 0 Å². The van der Waals surface area contributed by atoms with Gasteiger partial charge in [0.1, 0.15) is 0 Å². The van der Waals surface area contributed by atoms with Gasteiger partial charge in [0.15, 0.2) is 0 Å². The third kappa shape index (κ3) is 79.5. The summed E-state index contributed by atoms with van der Waals surface area (Å²) >= 11 is 0. The summed E-state index contributed by atoms with van der Waals surface area (Å²) in [5.41, 5.74) is 4.57. The summed E-state index contributed by atoms with van der Waals surface area (Å²) in [6.45, 7) is -0.278. The first kappa shape index (κ1) is 15.9. The van der Waals surface area contributed by atoms with Crippen molar-refractivity contribution in [1.29, 1.82) is 0 Å². The number of hydrogen-bond donors (Lipinski definition) is 2. The van der Waals surface area contributed by atoms with Crippen LogP contribution in [-0.2, 0) is 4.79 Å². The molecular formula is C2H5N2NaO4. The Kier molecular flexibility index (Phi) is 27.7. The van der Waals surface area contributed by atoms with E-state index in [9.17, 15) is 4.79 Å². The number of nitrogens with two attached hydrogens (primary N) is 1. The molecule has 0 radical (unpaired) electrons. The Morgan fingerprint density at radius 3 is 1.89 bits per heavy atom. The minimum atomic E-state index is -0.968. The summed E-state index contributed by atoms with van der Waals surface area (Å²) < 4.78 is 0. The molecule has 0 unspecified atom stereocenters. The fourth-order valence-electron chi connectivity index (χ4n) is 0. The molecule has 7 heteroatoms. The third-order valence-corrected chi connectivity index (χ3v) is 0.175. The third-order valence-electron chi connectivity index (χ3n) is 0.175. The molecule has 9 heavy (non-hydrogen) atoms. The van der Waals surface area contributed by atoms with Crippen LogP contribution in [-0.4, -0.2) is 17.6 Å². The van der Waals surface area contributed by atoms with E-state index < -0.39 is 5.97 Å². The fourth-order valence-corrected chi connectivity index (χ4v) is 0. The van der Waals surface area contributed by atoms with Crippen LogP contribution >= 0.6 is 0 Å². The molecule has 0 aromatic rings. The number of hydrogen-bond acceptors (Lipinski definition) is 5. The van der Waals surface area contributed by atoms with Gasteiger partial charge in [-0.2, -0.15) is 0 Å². The van der Waals surface area contributed by atoms with Crippen LogP contribution in [0, 0.1) is 10.1 Å². The summed E-state index contributed by atoms with van der Waals surface area (Å²) in [7, 11) is 0. The second-order valence-corrected chi connectivity index (χ2v) is 0.672. The molecule has 0 bridgehead atoms. The second kappa shape index (κ2) is 15.7. The van der Waals surface area contributed by atoms with Crippen molar-refractivity contribution >= 4 is 5.97 Å². The molecule has 0 aliphatic rings. The molecule has 48 valence electrons. The van der Waals surface area contributed by atoms with E-state index in [-0.39, 0.29) is 36.1 Å². The van der Waals surface area contributed by atoms with E-state index in [1.165, 1.54) is 0 Å². The maximum Gasteiger partial charge on any atom is 1.00 e. The van der Waals surface area contributed by atoms with Crippen LogP contribution in [0.15, 0.2) is 5.34 Å². The molecule has 0 heterocycles. The van der Waals surface area contributed by atoms with Gasteiger partial charge in [-0.1, -0.05) is 0 Å². The Morgan fingerprint density at radius 1 is 1.78 bits per heavy atom. The predicted molar refractivity (Wildman–Crippen MR) is 25.9 cm³/mol. The zero-order valence-electron chi connectivity index (χ0n) is 4.90. The number of carboxylic acid groups (broad SMARTS) is 1. The van der Waals surface area contributed by atoms with Gasteiger partial charge >= 0.3 is 35.5 Å². The van der Waals surface area contributed by atoms with Crippen LogP contribution in [0.25, 0.3) is 0 Å². The minimum absolute atomic E-state index is 0. The van der Waals surface area contributed by atoms with Gasteiger partial charge in [0, 0.05) is 0 Å². The Labute approximate surface area is 73.3 Å². The quantitative estimate of drug-likeness (QED) is 0.223. The van der Waals surface area contributed by atoms with Crippen molar-refractivity contribution in [2.45, 2.75) is 0 Å². The van der Waals surface area contributed by atoms with Crippen molar-refractivity contribution < 1.29 is 39.5 Å². The molecule has 0 aliphatic heterocycles. The molecule has 0 spiro atoms. The van der Waals surface area contributed by atoms with Gasteiger partial charge in [-0.25, -0.2) is 0 Å². The molecule has 0 amide bonds. The van der Waals surface area contributed by atoms with Crippen molar-refractivity contribution in [2.24, 2.45) is 11.1 Å². The van der Waals surface area contributed by atoms with Crippen LogP contribution in [0.3, 0.4) is 0 Å².